The highest BCUT2D eigenvalue weighted by Crippen LogP contribution is 2.29. The van der Waals surface area contributed by atoms with Crippen LogP contribution in [0.5, 0.6) is 5.75 Å². The van der Waals surface area contributed by atoms with Gasteiger partial charge in [-0.15, -0.1) is 0 Å². The van der Waals surface area contributed by atoms with Gasteiger partial charge in [0.2, 0.25) is 11.8 Å². The Hall–Kier alpha value is -3.85. The smallest absolute Gasteiger partial charge is 0.339 e. The van der Waals surface area contributed by atoms with Crippen LogP contribution in [-0.4, -0.2) is 42.6 Å². The van der Waals surface area contributed by atoms with E-state index in [2.05, 4.69) is 10.6 Å². The number of benzene rings is 2. The fourth-order valence-electron chi connectivity index (χ4n) is 4.56. The van der Waals surface area contributed by atoms with E-state index in [4.69, 9.17) is 25.9 Å². The molecule has 0 aliphatic heterocycles. The van der Waals surface area contributed by atoms with Gasteiger partial charge in [0, 0.05) is 47.3 Å². The molecule has 0 spiro atoms. The summed E-state index contributed by atoms with van der Waals surface area (Å²) in [6, 6.07) is 9.83. The highest BCUT2D eigenvalue weighted by Gasteiger charge is 2.22. The lowest BCUT2D eigenvalue weighted by Gasteiger charge is -2.19. The summed E-state index contributed by atoms with van der Waals surface area (Å²) in [7, 11) is 1.55. The molecule has 0 saturated heterocycles. The minimum absolute atomic E-state index is 0.00811. The van der Waals surface area contributed by atoms with Crippen LogP contribution in [0.3, 0.4) is 0 Å². The first-order valence-corrected chi connectivity index (χ1v) is 13.6. The second-order valence-electron chi connectivity index (χ2n) is 9.71. The molecular weight excluding hydrogens is 536 g/mol. The van der Waals surface area contributed by atoms with Crippen molar-refractivity contribution < 1.29 is 28.6 Å². The van der Waals surface area contributed by atoms with Crippen LogP contribution in [0.15, 0.2) is 45.6 Å². The minimum atomic E-state index is -0.846. The molecular formula is C30H35ClN2O7. The summed E-state index contributed by atoms with van der Waals surface area (Å²) in [5.41, 5.74) is 2.64. The van der Waals surface area contributed by atoms with Gasteiger partial charge in [-0.25, -0.2) is 4.79 Å². The van der Waals surface area contributed by atoms with E-state index in [-0.39, 0.29) is 37.5 Å². The van der Waals surface area contributed by atoms with Crippen LogP contribution >= 0.6 is 11.6 Å². The number of hydrogen-bond acceptors (Lipinski definition) is 6. The molecule has 3 N–H and O–H groups in total. The van der Waals surface area contributed by atoms with Gasteiger partial charge >= 0.3 is 11.6 Å². The molecule has 40 heavy (non-hydrogen) atoms. The number of hydrogen-bond donors (Lipinski definition) is 3. The SMILES string of the molecule is COc1ccc2c(C)c(CCC(=O)N[C@H](Cc3ccc(Cl)cc3)C(=O)NCCCCCC(=O)O)c(=O)oc2c1C. The summed E-state index contributed by atoms with van der Waals surface area (Å²) >= 11 is 5.98. The van der Waals surface area contributed by atoms with E-state index in [9.17, 15) is 19.2 Å². The standard InChI is InChI=1S/C30H35ClN2O7/c1-18-22-12-14-25(39-3)19(2)28(22)40-30(38)23(18)13-15-26(34)33-24(17-20-8-10-21(31)11-9-20)29(37)32-16-6-4-5-7-27(35)36/h8-12,14,24H,4-7,13,15-17H2,1-3H3,(H,32,37)(H,33,34)(H,35,36)/t24-/m1/s1. The highest BCUT2D eigenvalue weighted by molar-refractivity contribution is 6.30. The number of halogens is 1. The van der Waals surface area contributed by atoms with E-state index in [0.29, 0.717) is 47.7 Å². The second-order valence-corrected chi connectivity index (χ2v) is 10.1. The van der Waals surface area contributed by atoms with Crippen molar-refractivity contribution in [3.05, 3.63) is 74.1 Å². The lowest BCUT2D eigenvalue weighted by atomic mass is 10.00. The van der Waals surface area contributed by atoms with Crippen molar-refractivity contribution in [3.8, 4) is 5.75 Å². The maximum Gasteiger partial charge on any atom is 0.339 e. The van der Waals surface area contributed by atoms with Gasteiger partial charge in [0.1, 0.15) is 17.4 Å². The number of nitrogens with one attached hydrogen (secondary N) is 2. The van der Waals surface area contributed by atoms with Gasteiger partial charge in [0.15, 0.2) is 0 Å². The number of unbranched alkanes of at least 4 members (excludes halogenated alkanes) is 2. The van der Waals surface area contributed by atoms with E-state index >= 15 is 0 Å². The fraction of sp³-hybridized carbons (Fsp3) is 0.400. The maximum absolute atomic E-state index is 13.0. The molecule has 3 aromatic rings. The zero-order valence-electron chi connectivity index (χ0n) is 23.0. The van der Waals surface area contributed by atoms with E-state index in [1.165, 1.54) is 0 Å². The van der Waals surface area contributed by atoms with Gasteiger partial charge < -0.3 is 24.9 Å². The first kappa shape index (κ1) is 30.7. The molecule has 0 bridgehead atoms. The average Bonchev–Trinajstić information content (AvgIpc) is 2.91. The number of ether oxygens (including phenoxy) is 1. The molecule has 0 radical (unpaired) electrons. The zero-order chi connectivity index (χ0) is 29.2. The number of aliphatic carboxylic acids is 1. The Kier molecular flexibility index (Phi) is 11.1. The molecule has 3 rings (SSSR count). The maximum atomic E-state index is 13.0. The molecule has 1 atom stereocenters. The largest absolute Gasteiger partial charge is 0.496 e. The summed E-state index contributed by atoms with van der Waals surface area (Å²) < 4.78 is 10.9. The Labute approximate surface area is 237 Å². The quantitative estimate of drug-likeness (QED) is 0.192. The molecule has 10 heteroatoms. The van der Waals surface area contributed by atoms with Crippen LogP contribution in [0.4, 0.5) is 0 Å². The summed E-state index contributed by atoms with van der Waals surface area (Å²) in [5, 5.41) is 15.7. The summed E-state index contributed by atoms with van der Waals surface area (Å²) in [6.45, 7) is 4.01. The van der Waals surface area contributed by atoms with Crippen LogP contribution < -0.4 is 21.0 Å². The topological polar surface area (TPSA) is 135 Å². The Bertz CT molecular complexity index is 1420. The van der Waals surface area contributed by atoms with Crippen molar-refractivity contribution in [3.63, 3.8) is 0 Å². The van der Waals surface area contributed by atoms with Crippen molar-refractivity contribution >= 4 is 40.4 Å². The van der Waals surface area contributed by atoms with E-state index in [0.717, 1.165) is 22.1 Å². The number of aryl methyl sites for hydroxylation is 2. The molecule has 1 heterocycles. The summed E-state index contributed by atoms with van der Waals surface area (Å²) in [4.78, 5) is 49.4. The fourth-order valence-corrected chi connectivity index (χ4v) is 4.69. The van der Waals surface area contributed by atoms with Crippen molar-refractivity contribution in [2.75, 3.05) is 13.7 Å². The third-order valence-electron chi connectivity index (χ3n) is 6.85. The van der Waals surface area contributed by atoms with Gasteiger partial charge in [0.25, 0.3) is 0 Å². The van der Waals surface area contributed by atoms with Gasteiger partial charge in [-0.2, -0.15) is 0 Å². The highest BCUT2D eigenvalue weighted by atomic mass is 35.5. The molecule has 0 aliphatic carbocycles. The molecule has 0 fully saturated rings. The number of carbonyl (C=O) groups excluding carboxylic acids is 2. The number of amides is 2. The van der Waals surface area contributed by atoms with Gasteiger partial charge in [-0.05, 0) is 68.5 Å². The van der Waals surface area contributed by atoms with Crippen LogP contribution in [-0.2, 0) is 27.2 Å². The van der Waals surface area contributed by atoms with E-state index in [1.807, 2.05) is 26.0 Å². The number of rotatable bonds is 14. The molecule has 0 saturated carbocycles. The predicted molar refractivity (Wildman–Crippen MR) is 153 cm³/mol. The number of methoxy groups -OCH3 is 1. The van der Waals surface area contributed by atoms with E-state index < -0.39 is 17.6 Å². The number of fused-ring (bicyclic) bond motifs is 1. The van der Waals surface area contributed by atoms with Gasteiger partial charge in [0.05, 0.1) is 7.11 Å². The van der Waals surface area contributed by atoms with Crippen LogP contribution in [0.25, 0.3) is 11.0 Å². The van der Waals surface area contributed by atoms with Crippen molar-refractivity contribution in [1.29, 1.82) is 0 Å². The molecule has 2 aromatic carbocycles. The first-order valence-electron chi connectivity index (χ1n) is 13.2. The van der Waals surface area contributed by atoms with Gasteiger partial charge in [-0.3, -0.25) is 14.4 Å². The van der Waals surface area contributed by atoms with Crippen LogP contribution in [0.2, 0.25) is 5.02 Å². The minimum Gasteiger partial charge on any atom is -0.496 e. The Morgan fingerprint density at radius 2 is 1.73 bits per heavy atom. The molecule has 1 aromatic heterocycles. The Balaban J connectivity index is 1.67. The Morgan fingerprint density at radius 3 is 2.40 bits per heavy atom. The molecule has 2 amide bonds. The lowest BCUT2D eigenvalue weighted by molar-refractivity contribution is -0.137. The normalized spacial score (nSPS) is 11.7. The third kappa shape index (κ3) is 8.32. The molecule has 214 valence electrons. The molecule has 9 nitrogen and oxygen atoms in total. The number of carbonyl (C=O) groups is 3. The monoisotopic (exact) mass is 570 g/mol. The number of carboxylic acid groups (broad SMARTS) is 1. The van der Waals surface area contributed by atoms with Crippen molar-refractivity contribution in [1.82, 2.24) is 10.6 Å². The molecule has 0 aliphatic rings. The van der Waals surface area contributed by atoms with Gasteiger partial charge in [-0.1, -0.05) is 30.2 Å². The lowest BCUT2D eigenvalue weighted by Crippen LogP contribution is -2.48. The second kappa shape index (κ2) is 14.5. The average molecular weight is 571 g/mol. The van der Waals surface area contributed by atoms with Crippen molar-refractivity contribution in [2.45, 2.75) is 64.8 Å². The third-order valence-corrected chi connectivity index (χ3v) is 7.10. The molecule has 0 unspecified atom stereocenters. The predicted octanol–water partition coefficient (Wildman–Crippen LogP) is 4.49. The van der Waals surface area contributed by atoms with Crippen LogP contribution in [0, 0.1) is 13.8 Å². The summed E-state index contributed by atoms with van der Waals surface area (Å²) in [6.07, 6.45) is 2.32. The van der Waals surface area contributed by atoms with E-state index in [1.54, 1.807) is 31.4 Å². The zero-order valence-corrected chi connectivity index (χ0v) is 23.7. The first-order chi connectivity index (χ1) is 19.1. The summed E-state index contributed by atoms with van der Waals surface area (Å²) in [5.74, 6) is -0.943. The van der Waals surface area contributed by atoms with Crippen LogP contribution in [0.1, 0.15) is 54.4 Å². The van der Waals surface area contributed by atoms with Crippen molar-refractivity contribution in [2.24, 2.45) is 0 Å². The number of carboxylic acids is 1. The Morgan fingerprint density at radius 1 is 1.00 bits per heavy atom.